The number of hydrogen-bond acceptors (Lipinski definition) is 6. The summed E-state index contributed by atoms with van der Waals surface area (Å²) in [5, 5.41) is 29.0. The summed E-state index contributed by atoms with van der Waals surface area (Å²) in [4.78, 5) is 12.2. The van der Waals surface area contributed by atoms with E-state index in [2.05, 4.69) is 0 Å². The van der Waals surface area contributed by atoms with Gasteiger partial charge in [-0.1, -0.05) is 12.1 Å². The minimum Gasteiger partial charge on any atom is -0.504 e. The molecule has 2 aromatic carbocycles. The fraction of sp³-hybridized carbons (Fsp3) is 0.118. The summed E-state index contributed by atoms with van der Waals surface area (Å²) < 4.78 is 9.84. The third-order valence-corrected chi connectivity index (χ3v) is 3.21. The van der Waals surface area contributed by atoms with Gasteiger partial charge in [-0.15, -0.1) is 0 Å². The van der Waals surface area contributed by atoms with Crippen molar-refractivity contribution in [3.8, 4) is 28.7 Å². The number of phenols is 3. The molecule has 0 aliphatic rings. The summed E-state index contributed by atoms with van der Waals surface area (Å²) in [6, 6.07) is 7.19. The van der Waals surface area contributed by atoms with Crippen LogP contribution < -0.4 is 9.47 Å². The Morgan fingerprint density at radius 1 is 1.00 bits per heavy atom. The van der Waals surface area contributed by atoms with E-state index < -0.39 is 11.5 Å². The zero-order valence-corrected chi connectivity index (χ0v) is 12.6. The highest BCUT2D eigenvalue weighted by Crippen LogP contribution is 2.38. The number of carbonyl (C=O) groups is 1. The highest BCUT2D eigenvalue weighted by molar-refractivity contribution is 6.09. The number of benzene rings is 2. The molecule has 0 unspecified atom stereocenters. The van der Waals surface area contributed by atoms with Crippen molar-refractivity contribution in [3.05, 3.63) is 47.5 Å². The van der Waals surface area contributed by atoms with Crippen LogP contribution in [-0.2, 0) is 0 Å². The number of ketones is 1. The Hall–Kier alpha value is -3.15. The van der Waals surface area contributed by atoms with Gasteiger partial charge >= 0.3 is 0 Å². The molecule has 0 spiro atoms. The molecule has 0 amide bonds. The van der Waals surface area contributed by atoms with Gasteiger partial charge in [0.2, 0.25) is 5.75 Å². The van der Waals surface area contributed by atoms with E-state index in [1.54, 1.807) is 12.1 Å². The average molecular weight is 316 g/mol. The Bertz CT molecular complexity index is 764. The fourth-order valence-electron chi connectivity index (χ4n) is 2.02. The van der Waals surface area contributed by atoms with Crippen molar-refractivity contribution >= 4 is 11.9 Å². The molecule has 2 rings (SSSR count). The fourth-order valence-corrected chi connectivity index (χ4v) is 2.02. The van der Waals surface area contributed by atoms with Gasteiger partial charge in [-0.2, -0.15) is 0 Å². The Balaban J connectivity index is 2.29. The molecular formula is C17H16O6. The number of ether oxygens (including phenoxy) is 2. The molecule has 0 fully saturated rings. The number of carbonyl (C=O) groups excluding carboxylic acids is 1. The number of hydrogen-bond donors (Lipinski definition) is 3. The quantitative estimate of drug-likeness (QED) is 0.580. The Kier molecular flexibility index (Phi) is 4.75. The molecule has 6 nitrogen and oxygen atoms in total. The minimum absolute atomic E-state index is 0.00152. The van der Waals surface area contributed by atoms with Crippen LogP contribution in [0.2, 0.25) is 0 Å². The molecule has 0 aromatic heterocycles. The van der Waals surface area contributed by atoms with Crippen molar-refractivity contribution in [2.75, 3.05) is 14.2 Å². The van der Waals surface area contributed by atoms with Crippen LogP contribution in [0.3, 0.4) is 0 Å². The first kappa shape index (κ1) is 16.2. The van der Waals surface area contributed by atoms with Crippen molar-refractivity contribution in [1.82, 2.24) is 0 Å². The minimum atomic E-state index is -0.465. The van der Waals surface area contributed by atoms with Crippen molar-refractivity contribution in [2.45, 2.75) is 0 Å². The largest absolute Gasteiger partial charge is 0.504 e. The first-order valence-electron chi connectivity index (χ1n) is 6.66. The first-order chi connectivity index (χ1) is 11.0. The van der Waals surface area contributed by atoms with E-state index in [9.17, 15) is 20.1 Å². The summed E-state index contributed by atoms with van der Waals surface area (Å²) >= 11 is 0. The highest BCUT2D eigenvalue weighted by Gasteiger charge is 2.16. The van der Waals surface area contributed by atoms with Gasteiger partial charge in [0.1, 0.15) is 0 Å². The standard InChI is InChI=1S/C17H16O6/c1-22-15-9-10(4-7-13(15)19)3-6-12(18)11-5-8-14(20)17(23-2)16(11)21/h3-9,19-21H,1-2H3. The van der Waals surface area contributed by atoms with Crippen LogP contribution in [0.25, 0.3) is 6.08 Å². The number of rotatable bonds is 5. The molecular weight excluding hydrogens is 300 g/mol. The van der Waals surface area contributed by atoms with Crippen LogP contribution in [0.15, 0.2) is 36.4 Å². The highest BCUT2D eigenvalue weighted by atomic mass is 16.5. The zero-order valence-electron chi connectivity index (χ0n) is 12.6. The molecule has 0 saturated carbocycles. The van der Waals surface area contributed by atoms with Crippen LogP contribution in [0.5, 0.6) is 28.7 Å². The molecule has 3 N–H and O–H groups in total. The molecule has 0 atom stereocenters. The number of methoxy groups -OCH3 is 2. The van der Waals surface area contributed by atoms with E-state index in [1.165, 1.54) is 44.6 Å². The predicted octanol–water partition coefficient (Wildman–Crippen LogP) is 2.72. The summed E-state index contributed by atoms with van der Waals surface area (Å²) in [6.45, 7) is 0. The van der Waals surface area contributed by atoms with E-state index in [1.807, 2.05) is 0 Å². The third kappa shape index (κ3) is 3.37. The lowest BCUT2D eigenvalue weighted by Gasteiger charge is -2.08. The summed E-state index contributed by atoms with van der Waals surface area (Å²) in [6.07, 6.45) is 2.78. The van der Waals surface area contributed by atoms with Gasteiger partial charge in [0.25, 0.3) is 0 Å². The first-order valence-corrected chi connectivity index (χ1v) is 6.66. The monoisotopic (exact) mass is 316 g/mol. The van der Waals surface area contributed by atoms with Gasteiger partial charge < -0.3 is 24.8 Å². The summed E-state index contributed by atoms with van der Waals surface area (Å²) in [7, 11) is 2.70. The second-order valence-corrected chi connectivity index (χ2v) is 4.64. The molecule has 0 aliphatic carbocycles. The van der Waals surface area contributed by atoms with Gasteiger partial charge in [-0.3, -0.25) is 4.79 Å². The molecule has 23 heavy (non-hydrogen) atoms. The van der Waals surface area contributed by atoms with E-state index in [-0.39, 0.29) is 28.6 Å². The zero-order chi connectivity index (χ0) is 17.0. The third-order valence-electron chi connectivity index (χ3n) is 3.21. The number of aromatic hydroxyl groups is 3. The van der Waals surface area contributed by atoms with Gasteiger partial charge in [-0.05, 0) is 35.9 Å². The number of allylic oxidation sites excluding steroid dienone is 1. The van der Waals surface area contributed by atoms with Gasteiger partial charge in [0.15, 0.2) is 28.8 Å². The SMILES string of the molecule is COc1cc(C=CC(=O)c2ccc(O)c(OC)c2O)ccc1O. The second kappa shape index (κ2) is 6.74. The van der Waals surface area contributed by atoms with Crippen LogP contribution in [0, 0.1) is 0 Å². The maximum atomic E-state index is 12.2. The van der Waals surface area contributed by atoms with E-state index in [4.69, 9.17) is 9.47 Å². The molecule has 0 saturated heterocycles. The molecule has 0 bridgehead atoms. The van der Waals surface area contributed by atoms with Gasteiger partial charge in [0.05, 0.1) is 19.8 Å². The lowest BCUT2D eigenvalue weighted by atomic mass is 10.1. The molecule has 6 heteroatoms. The van der Waals surface area contributed by atoms with Crippen molar-refractivity contribution < 1.29 is 29.6 Å². The van der Waals surface area contributed by atoms with Gasteiger partial charge in [-0.25, -0.2) is 0 Å². The van der Waals surface area contributed by atoms with Crippen LogP contribution >= 0.6 is 0 Å². The molecule has 0 radical (unpaired) electrons. The van der Waals surface area contributed by atoms with Crippen molar-refractivity contribution in [1.29, 1.82) is 0 Å². The van der Waals surface area contributed by atoms with Crippen LogP contribution in [0.1, 0.15) is 15.9 Å². The normalized spacial score (nSPS) is 10.7. The molecule has 0 aliphatic heterocycles. The molecule has 2 aromatic rings. The molecule has 120 valence electrons. The van der Waals surface area contributed by atoms with Crippen LogP contribution in [-0.4, -0.2) is 35.3 Å². The Morgan fingerprint density at radius 2 is 1.70 bits per heavy atom. The van der Waals surface area contributed by atoms with E-state index in [0.717, 1.165) is 0 Å². The lowest BCUT2D eigenvalue weighted by molar-refractivity contribution is 0.104. The Morgan fingerprint density at radius 3 is 2.35 bits per heavy atom. The second-order valence-electron chi connectivity index (χ2n) is 4.64. The lowest BCUT2D eigenvalue weighted by Crippen LogP contribution is -1.97. The maximum Gasteiger partial charge on any atom is 0.203 e. The average Bonchev–Trinajstić information content (AvgIpc) is 2.54. The van der Waals surface area contributed by atoms with Crippen molar-refractivity contribution in [3.63, 3.8) is 0 Å². The van der Waals surface area contributed by atoms with Gasteiger partial charge in [0, 0.05) is 0 Å². The van der Waals surface area contributed by atoms with E-state index >= 15 is 0 Å². The molecule has 0 heterocycles. The topological polar surface area (TPSA) is 96.2 Å². The smallest absolute Gasteiger partial charge is 0.203 e. The van der Waals surface area contributed by atoms with Crippen molar-refractivity contribution in [2.24, 2.45) is 0 Å². The summed E-state index contributed by atoms with van der Waals surface area (Å²) in [5.74, 6) is -1.02. The maximum absolute atomic E-state index is 12.2. The summed E-state index contributed by atoms with van der Waals surface area (Å²) in [5.41, 5.74) is 0.639. The van der Waals surface area contributed by atoms with Crippen LogP contribution in [0.4, 0.5) is 0 Å². The predicted molar refractivity (Wildman–Crippen MR) is 84.3 cm³/mol. The number of phenolic OH excluding ortho intramolecular Hbond substituents is 3. The Labute approximate surface area is 132 Å². The van der Waals surface area contributed by atoms with E-state index in [0.29, 0.717) is 5.56 Å².